The first-order valence-corrected chi connectivity index (χ1v) is 6.25. The van der Waals surface area contributed by atoms with E-state index in [1.54, 1.807) is 0 Å². The highest BCUT2D eigenvalue weighted by Gasteiger charge is 2.34. The van der Waals surface area contributed by atoms with Crippen LogP contribution in [-0.2, 0) is 0 Å². The van der Waals surface area contributed by atoms with Crippen molar-refractivity contribution in [2.75, 3.05) is 0 Å². The molecule has 0 aromatic heterocycles. The van der Waals surface area contributed by atoms with Gasteiger partial charge in [0.15, 0.2) is 0 Å². The quantitative estimate of drug-likeness (QED) is 0.735. The second-order valence-electron chi connectivity index (χ2n) is 5.78. The normalized spacial score (nSPS) is 40.9. The summed E-state index contributed by atoms with van der Waals surface area (Å²) in [7, 11) is 0. The molecule has 4 unspecified atom stereocenters. The predicted octanol–water partition coefficient (Wildman–Crippen LogP) is 3.58. The third-order valence-electron chi connectivity index (χ3n) is 4.25. The molecule has 1 rings (SSSR count). The van der Waals surface area contributed by atoms with E-state index in [4.69, 9.17) is 5.73 Å². The molecule has 1 aliphatic carbocycles. The summed E-state index contributed by atoms with van der Waals surface area (Å²) in [5.74, 6) is 2.49. The monoisotopic (exact) mass is 197 g/mol. The molecule has 1 nitrogen and oxygen atoms in total. The Labute approximate surface area is 89.5 Å². The van der Waals surface area contributed by atoms with Crippen molar-refractivity contribution < 1.29 is 0 Å². The molecule has 0 radical (unpaired) electrons. The van der Waals surface area contributed by atoms with Crippen LogP contribution in [0.15, 0.2) is 0 Å². The lowest BCUT2D eigenvalue weighted by atomic mass is 9.68. The van der Waals surface area contributed by atoms with E-state index in [0.717, 1.165) is 17.8 Å². The van der Waals surface area contributed by atoms with E-state index < -0.39 is 0 Å². The molecular weight excluding hydrogens is 170 g/mol. The number of hydrogen-bond acceptors (Lipinski definition) is 1. The van der Waals surface area contributed by atoms with Crippen molar-refractivity contribution in [1.82, 2.24) is 0 Å². The van der Waals surface area contributed by atoms with Gasteiger partial charge < -0.3 is 5.73 Å². The molecule has 0 aliphatic heterocycles. The van der Waals surface area contributed by atoms with E-state index in [1.165, 1.54) is 32.1 Å². The first kappa shape index (κ1) is 12.0. The maximum atomic E-state index is 6.49. The Bertz CT molecular complexity index is 174. The van der Waals surface area contributed by atoms with Crippen molar-refractivity contribution in [1.29, 1.82) is 0 Å². The zero-order chi connectivity index (χ0) is 10.8. The third-order valence-corrected chi connectivity index (χ3v) is 4.25. The highest BCUT2D eigenvalue weighted by Crippen LogP contribution is 2.38. The molecule has 14 heavy (non-hydrogen) atoms. The Morgan fingerprint density at radius 1 is 1.36 bits per heavy atom. The largest absolute Gasteiger partial charge is 0.325 e. The summed E-state index contributed by atoms with van der Waals surface area (Å²) in [4.78, 5) is 0. The van der Waals surface area contributed by atoms with Crippen LogP contribution in [0, 0.1) is 17.8 Å². The fraction of sp³-hybridized carbons (Fsp3) is 1.00. The van der Waals surface area contributed by atoms with Crippen LogP contribution < -0.4 is 5.73 Å². The maximum absolute atomic E-state index is 6.49. The Balaban J connectivity index is 2.49. The molecule has 1 saturated carbocycles. The van der Waals surface area contributed by atoms with E-state index >= 15 is 0 Å². The molecule has 0 spiro atoms. The van der Waals surface area contributed by atoms with Gasteiger partial charge in [0, 0.05) is 5.54 Å². The van der Waals surface area contributed by atoms with Gasteiger partial charge in [-0.15, -0.1) is 0 Å². The van der Waals surface area contributed by atoms with E-state index in [9.17, 15) is 0 Å². The number of rotatable bonds is 3. The van der Waals surface area contributed by atoms with Crippen molar-refractivity contribution in [2.24, 2.45) is 23.5 Å². The van der Waals surface area contributed by atoms with Gasteiger partial charge in [0.2, 0.25) is 0 Å². The molecule has 0 bridgehead atoms. The van der Waals surface area contributed by atoms with Gasteiger partial charge in [-0.1, -0.05) is 34.1 Å². The molecular formula is C13H27N. The van der Waals surface area contributed by atoms with Crippen LogP contribution in [0.1, 0.15) is 59.8 Å². The standard InChI is InChI=1S/C13H27N/c1-5-10(2)8-13(14)7-6-11(3)12(4)9-13/h10-12H,5-9,14H2,1-4H3. The minimum Gasteiger partial charge on any atom is -0.325 e. The molecule has 0 saturated heterocycles. The Kier molecular flexibility index (Phi) is 4.00. The number of nitrogens with two attached hydrogens (primary N) is 1. The minimum atomic E-state index is 0.154. The molecule has 2 N–H and O–H groups in total. The van der Waals surface area contributed by atoms with E-state index in [0.29, 0.717) is 0 Å². The molecule has 0 aromatic rings. The Hall–Kier alpha value is -0.0400. The zero-order valence-corrected chi connectivity index (χ0v) is 10.3. The first-order chi connectivity index (χ1) is 6.47. The van der Waals surface area contributed by atoms with Gasteiger partial charge >= 0.3 is 0 Å². The van der Waals surface area contributed by atoms with Gasteiger partial charge in [0.1, 0.15) is 0 Å². The smallest absolute Gasteiger partial charge is 0.0159 e. The lowest BCUT2D eigenvalue weighted by molar-refractivity contribution is 0.151. The van der Waals surface area contributed by atoms with Crippen molar-refractivity contribution in [3.63, 3.8) is 0 Å². The van der Waals surface area contributed by atoms with Crippen LogP contribution in [0.5, 0.6) is 0 Å². The Morgan fingerprint density at radius 2 is 2.00 bits per heavy atom. The highest BCUT2D eigenvalue weighted by atomic mass is 14.8. The van der Waals surface area contributed by atoms with Crippen LogP contribution in [0.2, 0.25) is 0 Å². The van der Waals surface area contributed by atoms with E-state index in [2.05, 4.69) is 27.7 Å². The first-order valence-electron chi connectivity index (χ1n) is 6.25. The number of hydrogen-bond donors (Lipinski definition) is 1. The van der Waals surface area contributed by atoms with Crippen molar-refractivity contribution in [2.45, 2.75) is 65.3 Å². The third kappa shape index (κ3) is 2.98. The summed E-state index contributed by atoms with van der Waals surface area (Å²) >= 11 is 0. The van der Waals surface area contributed by atoms with Crippen molar-refractivity contribution in [3.05, 3.63) is 0 Å². The van der Waals surface area contributed by atoms with Gasteiger partial charge in [-0.3, -0.25) is 0 Å². The van der Waals surface area contributed by atoms with Crippen molar-refractivity contribution >= 4 is 0 Å². The summed E-state index contributed by atoms with van der Waals surface area (Å²) in [5, 5.41) is 0. The molecule has 0 amide bonds. The predicted molar refractivity (Wildman–Crippen MR) is 63.2 cm³/mol. The van der Waals surface area contributed by atoms with Crippen LogP contribution in [0.3, 0.4) is 0 Å². The second kappa shape index (κ2) is 4.65. The van der Waals surface area contributed by atoms with Crippen LogP contribution in [-0.4, -0.2) is 5.54 Å². The van der Waals surface area contributed by atoms with Crippen molar-refractivity contribution in [3.8, 4) is 0 Å². The molecule has 4 atom stereocenters. The highest BCUT2D eigenvalue weighted by molar-refractivity contribution is 4.92. The Morgan fingerprint density at radius 3 is 2.50 bits per heavy atom. The fourth-order valence-electron chi connectivity index (χ4n) is 2.77. The molecule has 0 heterocycles. The van der Waals surface area contributed by atoms with E-state index in [1.807, 2.05) is 0 Å². The van der Waals surface area contributed by atoms with Crippen LogP contribution in [0.25, 0.3) is 0 Å². The second-order valence-corrected chi connectivity index (χ2v) is 5.78. The SMILES string of the molecule is CCC(C)CC1(N)CCC(C)C(C)C1. The zero-order valence-electron chi connectivity index (χ0n) is 10.3. The molecule has 1 heteroatoms. The molecule has 1 aliphatic rings. The molecule has 0 aromatic carbocycles. The van der Waals surface area contributed by atoms with Crippen LogP contribution in [0.4, 0.5) is 0 Å². The van der Waals surface area contributed by atoms with E-state index in [-0.39, 0.29) is 5.54 Å². The lowest BCUT2D eigenvalue weighted by Crippen LogP contribution is -2.46. The summed E-state index contributed by atoms with van der Waals surface area (Å²) in [6.45, 7) is 9.33. The molecule has 84 valence electrons. The van der Waals surface area contributed by atoms with Crippen LogP contribution >= 0.6 is 0 Å². The average Bonchev–Trinajstić information content (AvgIpc) is 2.12. The summed E-state index contributed by atoms with van der Waals surface area (Å²) in [5.41, 5.74) is 6.64. The van der Waals surface area contributed by atoms with Gasteiger partial charge in [-0.25, -0.2) is 0 Å². The lowest BCUT2D eigenvalue weighted by Gasteiger charge is -2.41. The average molecular weight is 197 g/mol. The minimum absolute atomic E-state index is 0.154. The van der Waals surface area contributed by atoms with Gasteiger partial charge in [-0.2, -0.15) is 0 Å². The van der Waals surface area contributed by atoms with Gasteiger partial charge in [0.25, 0.3) is 0 Å². The maximum Gasteiger partial charge on any atom is 0.0159 e. The van der Waals surface area contributed by atoms with Gasteiger partial charge in [-0.05, 0) is 43.4 Å². The van der Waals surface area contributed by atoms with Gasteiger partial charge in [0.05, 0.1) is 0 Å². The topological polar surface area (TPSA) is 26.0 Å². The molecule has 1 fully saturated rings. The summed E-state index contributed by atoms with van der Waals surface area (Å²) in [6, 6.07) is 0. The summed E-state index contributed by atoms with van der Waals surface area (Å²) < 4.78 is 0. The summed E-state index contributed by atoms with van der Waals surface area (Å²) in [6.07, 6.45) is 6.29. The fourth-order valence-corrected chi connectivity index (χ4v) is 2.77.